The van der Waals surface area contributed by atoms with E-state index in [4.69, 9.17) is 15.2 Å². The van der Waals surface area contributed by atoms with Gasteiger partial charge in [-0.3, -0.25) is 4.79 Å². The number of ketones is 1. The van der Waals surface area contributed by atoms with Crippen molar-refractivity contribution in [3.8, 4) is 11.5 Å². The van der Waals surface area contributed by atoms with Crippen LogP contribution in [0.4, 0.5) is 0 Å². The highest BCUT2D eigenvalue weighted by Crippen LogP contribution is 2.36. The molecule has 18 heavy (non-hydrogen) atoms. The number of Topliss-reactive ketones (excluding diaryl/α,β-unsaturated/α-hetero) is 1. The number of nitrogens with two attached hydrogens (primary N) is 1. The van der Waals surface area contributed by atoms with E-state index >= 15 is 0 Å². The van der Waals surface area contributed by atoms with E-state index in [-0.39, 0.29) is 36.0 Å². The number of sulfone groups is 1. The zero-order valence-electron chi connectivity index (χ0n) is 9.80. The Morgan fingerprint density at radius 3 is 2.50 bits per heavy atom. The van der Waals surface area contributed by atoms with Crippen molar-refractivity contribution in [2.75, 3.05) is 19.6 Å². The minimum absolute atomic E-state index is 0.0209. The van der Waals surface area contributed by atoms with Crippen molar-refractivity contribution in [1.82, 2.24) is 0 Å². The maximum atomic E-state index is 11.9. The van der Waals surface area contributed by atoms with Crippen molar-refractivity contribution in [1.29, 1.82) is 0 Å². The highest BCUT2D eigenvalue weighted by molar-refractivity contribution is 7.90. The molecule has 0 radical (unpaired) electrons. The zero-order valence-corrected chi connectivity index (χ0v) is 10.6. The number of carbonyl (C=O) groups excluding carboxylic acids is 1. The van der Waals surface area contributed by atoms with Gasteiger partial charge in [-0.2, -0.15) is 0 Å². The maximum absolute atomic E-state index is 11.9. The first-order valence-corrected chi connectivity index (χ1v) is 7.19. The number of fused-ring (bicyclic) bond motifs is 1. The van der Waals surface area contributed by atoms with Gasteiger partial charge in [0.25, 0.3) is 0 Å². The van der Waals surface area contributed by atoms with Gasteiger partial charge in [0, 0.05) is 24.3 Å². The molecule has 0 spiro atoms. The molecule has 0 saturated carbocycles. The topological polar surface area (TPSA) is 95.7 Å². The molecule has 0 atom stereocenters. The molecule has 7 heteroatoms. The summed E-state index contributed by atoms with van der Waals surface area (Å²) in [6.45, 7) is 0.184. The molecule has 0 aliphatic carbocycles. The quantitative estimate of drug-likeness (QED) is 0.794. The van der Waals surface area contributed by atoms with Gasteiger partial charge in [0.05, 0.1) is 4.90 Å². The van der Waals surface area contributed by atoms with Crippen molar-refractivity contribution < 1.29 is 22.7 Å². The van der Waals surface area contributed by atoms with Gasteiger partial charge in [-0.15, -0.1) is 0 Å². The zero-order chi connectivity index (χ0) is 13.3. The number of rotatable bonds is 4. The Morgan fingerprint density at radius 1 is 1.33 bits per heavy atom. The lowest BCUT2D eigenvalue weighted by Crippen LogP contribution is -2.12. The lowest BCUT2D eigenvalue weighted by molar-refractivity contribution is 0.0982. The third-order valence-corrected chi connectivity index (χ3v) is 3.68. The van der Waals surface area contributed by atoms with E-state index in [0.29, 0.717) is 11.5 Å². The van der Waals surface area contributed by atoms with Crippen LogP contribution >= 0.6 is 0 Å². The Bertz CT molecular complexity index is 594. The SMILES string of the molecule is CS(=O)(=O)c1cc2c(cc1C(=O)CCN)OCO2. The number of hydrogen-bond donors (Lipinski definition) is 1. The van der Waals surface area contributed by atoms with Crippen LogP contribution in [0.3, 0.4) is 0 Å². The highest BCUT2D eigenvalue weighted by atomic mass is 32.2. The highest BCUT2D eigenvalue weighted by Gasteiger charge is 2.25. The van der Waals surface area contributed by atoms with Crippen molar-refractivity contribution in [2.45, 2.75) is 11.3 Å². The first kappa shape index (κ1) is 12.8. The molecule has 1 aromatic carbocycles. The smallest absolute Gasteiger partial charge is 0.231 e. The third-order valence-electron chi connectivity index (χ3n) is 2.55. The van der Waals surface area contributed by atoms with Crippen LogP contribution in [0.15, 0.2) is 17.0 Å². The van der Waals surface area contributed by atoms with Crippen LogP contribution in [0.25, 0.3) is 0 Å². The van der Waals surface area contributed by atoms with Gasteiger partial charge in [-0.05, 0) is 12.6 Å². The molecule has 1 aliphatic heterocycles. The van der Waals surface area contributed by atoms with E-state index in [2.05, 4.69) is 0 Å². The molecular weight excluding hydrogens is 258 g/mol. The summed E-state index contributed by atoms with van der Waals surface area (Å²) in [6.07, 6.45) is 1.13. The molecule has 2 rings (SSSR count). The molecule has 2 N–H and O–H groups in total. The van der Waals surface area contributed by atoms with E-state index in [9.17, 15) is 13.2 Å². The molecule has 1 aromatic rings. The predicted molar refractivity (Wildman–Crippen MR) is 63.7 cm³/mol. The van der Waals surface area contributed by atoms with Crippen molar-refractivity contribution in [3.05, 3.63) is 17.7 Å². The summed E-state index contributed by atoms with van der Waals surface area (Å²) in [7, 11) is -3.52. The second-order valence-electron chi connectivity index (χ2n) is 3.94. The van der Waals surface area contributed by atoms with Crippen molar-refractivity contribution >= 4 is 15.6 Å². The van der Waals surface area contributed by atoms with Crippen LogP contribution in [-0.4, -0.2) is 33.8 Å². The summed E-state index contributed by atoms with van der Waals surface area (Å²) in [6, 6.07) is 2.72. The van der Waals surface area contributed by atoms with Crippen LogP contribution in [0.2, 0.25) is 0 Å². The average molecular weight is 271 g/mol. The molecule has 1 aliphatic rings. The Kier molecular flexibility index (Phi) is 3.27. The van der Waals surface area contributed by atoms with Crippen molar-refractivity contribution in [3.63, 3.8) is 0 Å². The summed E-state index contributed by atoms with van der Waals surface area (Å²) in [5.41, 5.74) is 5.42. The molecule has 0 bridgehead atoms. The maximum Gasteiger partial charge on any atom is 0.231 e. The first-order chi connectivity index (χ1) is 8.43. The minimum atomic E-state index is -3.52. The van der Waals surface area contributed by atoms with E-state index in [1.807, 2.05) is 0 Å². The summed E-state index contributed by atoms with van der Waals surface area (Å²) in [4.78, 5) is 11.8. The summed E-state index contributed by atoms with van der Waals surface area (Å²) in [5.74, 6) is 0.388. The monoisotopic (exact) mass is 271 g/mol. The predicted octanol–water partition coefficient (Wildman–Crippen LogP) is 0.350. The van der Waals surface area contributed by atoms with Gasteiger partial charge >= 0.3 is 0 Å². The lowest BCUT2D eigenvalue weighted by atomic mass is 10.1. The van der Waals surface area contributed by atoms with Gasteiger partial charge in [0.15, 0.2) is 27.1 Å². The number of hydrogen-bond acceptors (Lipinski definition) is 6. The molecular formula is C11H13NO5S. The van der Waals surface area contributed by atoms with Crippen LogP contribution < -0.4 is 15.2 Å². The van der Waals surface area contributed by atoms with Crippen LogP contribution in [0.5, 0.6) is 11.5 Å². The van der Waals surface area contributed by atoms with Crippen LogP contribution in [-0.2, 0) is 9.84 Å². The second-order valence-corrected chi connectivity index (χ2v) is 5.92. The Hall–Kier alpha value is -1.60. The Balaban J connectivity index is 2.59. The number of benzene rings is 1. The Morgan fingerprint density at radius 2 is 1.94 bits per heavy atom. The van der Waals surface area contributed by atoms with E-state index < -0.39 is 9.84 Å². The molecule has 1 heterocycles. The lowest BCUT2D eigenvalue weighted by Gasteiger charge is -2.08. The molecule has 0 fully saturated rings. The summed E-state index contributed by atoms with van der Waals surface area (Å²) < 4.78 is 33.6. The average Bonchev–Trinajstić information content (AvgIpc) is 2.73. The first-order valence-electron chi connectivity index (χ1n) is 5.30. The van der Waals surface area contributed by atoms with Gasteiger partial charge in [-0.25, -0.2) is 8.42 Å². The standard InChI is InChI=1S/C11H13NO5S/c1-18(14,15)11-5-10-9(16-6-17-10)4-7(11)8(13)2-3-12/h4-5H,2-3,6,12H2,1H3. The molecule has 0 amide bonds. The molecule has 0 aromatic heterocycles. The summed E-state index contributed by atoms with van der Waals surface area (Å²) in [5, 5.41) is 0. The molecule has 98 valence electrons. The van der Waals surface area contributed by atoms with Gasteiger partial charge in [-0.1, -0.05) is 0 Å². The molecule has 6 nitrogen and oxygen atoms in total. The molecule has 0 saturated heterocycles. The van der Waals surface area contributed by atoms with E-state index in [1.54, 1.807) is 0 Å². The minimum Gasteiger partial charge on any atom is -0.454 e. The molecule has 0 unspecified atom stereocenters. The van der Waals surface area contributed by atoms with Crippen LogP contribution in [0.1, 0.15) is 16.8 Å². The fourth-order valence-corrected chi connectivity index (χ4v) is 2.61. The normalized spacial score (nSPS) is 13.7. The second kappa shape index (κ2) is 4.58. The van der Waals surface area contributed by atoms with E-state index in [1.165, 1.54) is 12.1 Å². The largest absolute Gasteiger partial charge is 0.454 e. The summed E-state index contributed by atoms with van der Waals surface area (Å²) >= 11 is 0. The van der Waals surface area contributed by atoms with Gasteiger partial charge < -0.3 is 15.2 Å². The fourth-order valence-electron chi connectivity index (χ4n) is 1.71. The number of ether oxygens (including phenoxy) is 2. The van der Waals surface area contributed by atoms with Crippen LogP contribution in [0, 0.1) is 0 Å². The van der Waals surface area contributed by atoms with Gasteiger partial charge in [0.2, 0.25) is 6.79 Å². The third kappa shape index (κ3) is 2.32. The van der Waals surface area contributed by atoms with Gasteiger partial charge in [0.1, 0.15) is 0 Å². The van der Waals surface area contributed by atoms with E-state index in [0.717, 1.165) is 6.26 Å². The number of carbonyl (C=O) groups is 1. The fraction of sp³-hybridized carbons (Fsp3) is 0.364. The Labute approximate surface area is 105 Å². The van der Waals surface area contributed by atoms with Crippen molar-refractivity contribution in [2.24, 2.45) is 5.73 Å².